The van der Waals surface area contributed by atoms with Gasteiger partial charge in [0.25, 0.3) is 0 Å². The highest BCUT2D eigenvalue weighted by atomic mass is 32.1. The number of carbonyl (C=O) groups excluding carboxylic acids is 1. The van der Waals surface area contributed by atoms with Gasteiger partial charge in [-0.15, -0.1) is 11.3 Å². The summed E-state index contributed by atoms with van der Waals surface area (Å²) >= 11 is 1.56. The summed E-state index contributed by atoms with van der Waals surface area (Å²) in [4.78, 5) is 21.3. The second-order valence-corrected chi connectivity index (χ2v) is 7.73. The van der Waals surface area contributed by atoms with Gasteiger partial charge in [0.15, 0.2) is 0 Å². The molecule has 2 aromatic heterocycles. The van der Waals surface area contributed by atoms with Crippen LogP contribution in [0.2, 0.25) is 0 Å². The second kappa shape index (κ2) is 6.99. The molecule has 128 valence electrons. The molecule has 3 rings (SSSR count). The molecule has 0 aromatic carbocycles. The SMILES string of the molecule is CC(NC(=O)C1CCCCC1(C)N)c1nc(-c2ccncc2)cs1. The zero-order valence-electron chi connectivity index (χ0n) is 14.2. The van der Waals surface area contributed by atoms with Gasteiger partial charge >= 0.3 is 0 Å². The van der Waals surface area contributed by atoms with E-state index in [1.807, 2.05) is 31.4 Å². The lowest BCUT2D eigenvalue weighted by Gasteiger charge is -2.37. The number of nitrogens with one attached hydrogen (secondary N) is 1. The number of hydrogen-bond acceptors (Lipinski definition) is 5. The van der Waals surface area contributed by atoms with Crippen molar-refractivity contribution in [2.24, 2.45) is 11.7 Å². The van der Waals surface area contributed by atoms with E-state index in [4.69, 9.17) is 5.73 Å². The summed E-state index contributed by atoms with van der Waals surface area (Å²) in [7, 11) is 0. The molecular formula is C18H24N4OS. The number of nitrogens with zero attached hydrogens (tertiary/aromatic N) is 2. The van der Waals surface area contributed by atoms with E-state index in [-0.39, 0.29) is 17.9 Å². The van der Waals surface area contributed by atoms with Crippen LogP contribution in [-0.4, -0.2) is 21.4 Å². The van der Waals surface area contributed by atoms with Crippen molar-refractivity contribution in [1.82, 2.24) is 15.3 Å². The van der Waals surface area contributed by atoms with Crippen molar-refractivity contribution in [3.8, 4) is 11.3 Å². The van der Waals surface area contributed by atoms with Gasteiger partial charge in [0, 0.05) is 28.9 Å². The molecule has 0 aliphatic heterocycles. The third-order valence-electron chi connectivity index (χ3n) is 4.80. The maximum absolute atomic E-state index is 12.7. The smallest absolute Gasteiger partial charge is 0.225 e. The van der Waals surface area contributed by atoms with Crippen LogP contribution in [0.3, 0.4) is 0 Å². The van der Waals surface area contributed by atoms with Crippen LogP contribution in [0.1, 0.15) is 50.6 Å². The summed E-state index contributed by atoms with van der Waals surface area (Å²) in [5, 5.41) is 6.02. The number of aromatic nitrogens is 2. The van der Waals surface area contributed by atoms with E-state index in [1.54, 1.807) is 23.7 Å². The van der Waals surface area contributed by atoms with Gasteiger partial charge in [0.2, 0.25) is 5.91 Å². The molecule has 3 atom stereocenters. The summed E-state index contributed by atoms with van der Waals surface area (Å²) in [5.41, 5.74) is 7.88. The number of carbonyl (C=O) groups is 1. The molecule has 5 nitrogen and oxygen atoms in total. The lowest BCUT2D eigenvalue weighted by molar-refractivity contribution is -0.128. The standard InChI is InChI=1S/C18H24N4OS/c1-12(21-16(23)14-5-3-4-8-18(14,2)19)17-22-15(11-24-17)13-6-9-20-10-7-13/h6-7,9-12,14H,3-5,8,19H2,1-2H3,(H,21,23). The largest absolute Gasteiger partial charge is 0.347 e. The first kappa shape index (κ1) is 17.0. The molecule has 1 amide bonds. The van der Waals surface area contributed by atoms with Crippen molar-refractivity contribution in [3.05, 3.63) is 34.9 Å². The fourth-order valence-electron chi connectivity index (χ4n) is 3.31. The van der Waals surface area contributed by atoms with Gasteiger partial charge in [0.1, 0.15) is 5.01 Å². The Morgan fingerprint density at radius 1 is 1.42 bits per heavy atom. The highest BCUT2D eigenvalue weighted by molar-refractivity contribution is 7.10. The van der Waals surface area contributed by atoms with Crippen molar-refractivity contribution < 1.29 is 4.79 Å². The quantitative estimate of drug-likeness (QED) is 0.892. The molecule has 3 unspecified atom stereocenters. The molecule has 0 radical (unpaired) electrons. The van der Waals surface area contributed by atoms with Gasteiger partial charge in [0.05, 0.1) is 17.7 Å². The van der Waals surface area contributed by atoms with Crippen molar-refractivity contribution in [2.45, 2.75) is 51.1 Å². The molecule has 1 saturated carbocycles. The van der Waals surface area contributed by atoms with Crippen molar-refractivity contribution in [3.63, 3.8) is 0 Å². The third-order valence-corrected chi connectivity index (χ3v) is 5.83. The molecular weight excluding hydrogens is 320 g/mol. The molecule has 0 bridgehead atoms. The molecule has 0 saturated heterocycles. The van der Waals surface area contributed by atoms with Crippen LogP contribution in [0, 0.1) is 5.92 Å². The fourth-order valence-corrected chi connectivity index (χ4v) is 4.14. The Balaban J connectivity index is 1.68. The number of nitrogens with two attached hydrogens (primary N) is 1. The normalized spacial score (nSPS) is 25.2. The Labute approximate surface area is 146 Å². The Hall–Kier alpha value is -1.79. The van der Waals surface area contributed by atoms with Crippen LogP contribution in [0.15, 0.2) is 29.9 Å². The molecule has 1 aliphatic rings. The molecule has 1 aliphatic carbocycles. The second-order valence-electron chi connectivity index (χ2n) is 6.84. The maximum atomic E-state index is 12.7. The topological polar surface area (TPSA) is 80.9 Å². The van der Waals surface area contributed by atoms with E-state index in [0.29, 0.717) is 0 Å². The lowest BCUT2D eigenvalue weighted by atomic mass is 9.74. The maximum Gasteiger partial charge on any atom is 0.225 e. The van der Waals surface area contributed by atoms with Gasteiger partial charge in [-0.2, -0.15) is 0 Å². The minimum atomic E-state index is -0.410. The molecule has 0 spiro atoms. The molecule has 2 aromatic rings. The number of rotatable bonds is 4. The van der Waals surface area contributed by atoms with Gasteiger partial charge < -0.3 is 11.1 Å². The Bertz CT molecular complexity index is 698. The fraction of sp³-hybridized carbons (Fsp3) is 0.500. The van der Waals surface area contributed by atoms with Crippen LogP contribution in [0.4, 0.5) is 0 Å². The summed E-state index contributed by atoms with van der Waals surface area (Å²) in [6.07, 6.45) is 7.46. The monoisotopic (exact) mass is 344 g/mol. The average molecular weight is 344 g/mol. The minimum absolute atomic E-state index is 0.0489. The zero-order valence-corrected chi connectivity index (χ0v) is 15.0. The van der Waals surface area contributed by atoms with E-state index in [0.717, 1.165) is 41.9 Å². The Morgan fingerprint density at radius 3 is 2.88 bits per heavy atom. The number of amides is 1. The van der Waals surface area contributed by atoms with Crippen molar-refractivity contribution in [2.75, 3.05) is 0 Å². The Kier molecular flexibility index (Phi) is 4.96. The van der Waals surface area contributed by atoms with E-state index < -0.39 is 5.54 Å². The predicted molar refractivity (Wildman–Crippen MR) is 96.5 cm³/mol. The highest BCUT2D eigenvalue weighted by Crippen LogP contribution is 2.32. The van der Waals surface area contributed by atoms with Crippen LogP contribution in [0.25, 0.3) is 11.3 Å². The number of thiazole rings is 1. The molecule has 6 heteroatoms. The number of hydrogen-bond donors (Lipinski definition) is 2. The summed E-state index contributed by atoms with van der Waals surface area (Å²) in [6.45, 7) is 3.97. The van der Waals surface area contributed by atoms with E-state index in [9.17, 15) is 4.79 Å². The average Bonchev–Trinajstić information content (AvgIpc) is 3.05. The van der Waals surface area contributed by atoms with Crippen molar-refractivity contribution in [1.29, 1.82) is 0 Å². The lowest BCUT2D eigenvalue weighted by Crippen LogP contribution is -2.53. The van der Waals surface area contributed by atoms with E-state index in [1.165, 1.54) is 0 Å². The molecule has 2 heterocycles. The van der Waals surface area contributed by atoms with E-state index in [2.05, 4.69) is 15.3 Å². The minimum Gasteiger partial charge on any atom is -0.347 e. The zero-order chi connectivity index (χ0) is 17.2. The first-order chi connectivity index (χ1) is 11.5. The molecule has 3 N–H and O–H groups in total. The van der Waals surface area contributed by atoms with Crippen molar-refractivity contribution >= 4 is 17.2 Å². The van der Waals surface area contributed by atoms with Gasteiger partial charge in [-0.3, -0.25) is 9.78 Å². The van der Waals surface area contributed by atoms with Gasteiger partial charge in [-0.25, -0.2) is 4.98 Å². The first-order valence-corrected chi connectivity index (χ1v) is 9.30. The van der Waals surface area contributed by atoms with Crippen LogP contribution in [0.5, 0.6) is 0 Å². The summed E-state index contributed by atoms with van der Waals surface area (Å²) in [5.74, 6) is -0.0683. The molecule has 24 heavy (non-hydrogen) atoms. The summed E-state index contributed by atoms with van der Waals surface area (Å²) < 4.78 is 0. The molecule has 1 fully saturated rings. The third kappa shape index (κ3) is 3.65. The van der Waals surface area contributed by atoms with Crippen LogP contribution >= 0.6 is 11.3 Å². The van der Waals surface area contributed by atoms with Crippen LogP contribution < -0.4 is 11.1 Å². The van der Waals surface area contributed by atoms with Gasteiger partial charge in [-0.05, 0) is 38.8 Å². The predicted octanol–water partition coefficient (Wildman–Crippen LogP) is 3.29. The van der Waals surface area contributed by atoms with E-state index >= 15 is 0 Å². The van der Waals surface area contributed by atoms with Crippen LogP contribution in [-0.2, 0) is 4.79 Å². The first-order valence-electron chi connectivity index (χ1n) is 8.42. The Morgan fingerprint density at radius 2 is 2.17 bits per heavy atom. The summed E-state index contributed by atoms with van der Waals surface area (Å²) in [6, 6.07) is 3.75. The number of pyridine rings is 1. The highest BCUT2D eigenvalue weighted by Gasteiger charge is 2.38. The van der Waals surface area contributed by atoms with Gasteiger partial charge in [-0.1, -0.05) is 12.8 Å².